The molecule has 1 amide bonds. The third kappa shape index (κ3) is 5.12. The Hall–Kier alpha value is -1.10. The number of hydrogen-bond donors (Lipinski definition) is 3. The predicted molar refractivity (Wildman–Crippen MR) is 78.1 cm³/mol. The summed E-state index contributed by atoms with van der Waals surface area (Å²) in [6, 6.07) is -0.557. The quantitative estimate of drug-likeness (QED) is 0.693. The average Bonchev–Trinajstić information content (AvgIpc) is 2.35. The molecule has 0 spiro atoms. The van der Waals surface area contributed by atoms with Crippen LogP contribution in [0.15, 0.2) is 0 Å². The minimum Gasteiger partial charge on any atom is -0.481 e. The molecular weight excluding hydrogens is 256 g/mol. The summed E-state index contributed by atoms with van der Waals surface area (Å²) < 4.78 is 0. The highest BCUT2D eigenvalue weighted by Gasteiger charge is 2.32. The van der Waals surface area contributed by atoms with E-state index < -0.39 is 12.0 Å². The van der Waals surface area contributed by atoms with Gasteiger partial charge in [-0.05, 0) is 37.0 Å². The fourth-order valence-electron chi connectivity index (χ4n) is 3.07. The molecule has 0 aromatic carbocycles. The van der Waals surface area contributed by atoms with Crippen LogP contribution < -0.4 is 11.1 Å². The zero-order valence-corrected chi connectivity index (χ0v) is 12.8. The van der Waals surface area contributed by atoms with Crippen LogP contribution in [-0.4, -0.2) is 29.1 Å². The van der Waals surface area contributed by atoms with Crippen molar-refractivity contribution < 1.29 is 14.7 Å². The van der Waals surface area contributed by atoms with E-state index in [1.165, 1.54) is 6.42 Å². The van der Waals surface area contributed by atoms with E-state index in [2.05, 4.69) is 26.1 Å². The van der Waals surface area contributed by atoms with Gasteiger partial charge in [0.1, 0.15) is 0 Å². The van der Waals surface area contributed by atoms with Gasteiger partial charge in [0.05, 0.1) is 6.04 Å². The van der Waals surface area contributed by atoms with E-state index in [0.29, 0.717) is 17.8 Å². The second-order valence-corrected chi connectivity index (χ2v) is 6.48. The van der Waals surface area contributed by atoms with Crippen molar-refractivity contribution in [2.75, 3.05) is 0 Å². The highest BCUT2D eigenvalue weighted by atomic mass is 16.4. The summed E-state index contributed by atoms with van der Waals surface area (Å²) in [6.07, 6.45) is 3.45. The molecule has 0 aliphatic heterocycles. The summed E-state index contributed by atoms with van der Waals surface area (Å²) in [4.78, 5) is 22.6. The normalized spacial score (nSPS) is 28.1. The Balaban J connectivity index is 2.54. The monoisotopic (exact) mass is 284 g/mol. The van der Waals surface area contributed by atoms with Gasteiger partial charge in [-0.2, -0.15) is 0 Å². The molecule has 116 valence electrons. The van der Waals surface area contributed by atoms with Crippen LogP contribution in [0.25, 0.3) is 0 Å². The SMILES string of the molecule is CC1CCC(C(C)C)C(NC(=O)C(N)CCC(=O)O)C1. The molecule has 0 bridgehead atoms. The smallest absolute Gasteiger partial charge is 0.303 e. The van der Waals surface area contributed by atoms with Crippen molar-refractivity contribution in [1.82, 2.24) is 5.32 Å². The maximum Gasteiger partial charge on any atom is 0.303 e. The van der Waals surface area contributed by atoms with E-state index >= 15 is 0 Å². The highest BCUT2D eigenvalue weighted by molar-refractivity contribution is 5.82. The molecular formula is C15H28N2O3. The van der Waals surface area contributed by atoms with Crippen LogP contribution in [0.1, 0.15) is 52.9 Å². The Morgan fingerprint density at radius 3 is 2.55 bits per heavy atom. The van der Waals surface area contributed by atoms with Crippen molar-refractivity contribution in [2.45, 2.75) is 65.0 Å². The highest BCUT2D eigenvalue weighted by Crippen LogP contribution is 2.33. The molecule has 1 aliphatic carbocycles. The average molecular weight is 284 g/mol. The molecule has 5 nitrogen and oxygen atoms in total. The summed E-state index contributed by atoms with van der Waals surface area (Å²) in [7, 11) is 0. The van der Waals surface area contributed by atoms with Gasteiger partial charge in [-0.3, -0.25) is 9.59 Å². The first-order chi connectivity index (χ1) is 9.31. The third-order valence-corrected chi connectivity index (χ3v) is 4.36. The number of amides is 1. The van der Waals surface area contributed by atoms with E-state index in [9.17, 15) is 9.59 Å². The molecule has 1 fully saturated rings. The molecule has 0 saturated heterocycles. The molecule has 4 N–H and O–H groups in total. The molecule has 0 heterocycles. The Bertz CT molecular complexity index is 344. The molecule has 0 aromatic rings. The molecule has 5 heteroatoms. The Labute approximate surface area is 121 Å². The Kier molecular flexibility index (Phi) is 6.46. The number of carbonyl (C=O) groups excluding carboxylic acids is 1. The first kappa shape index (κ1) is 17.0. The lowest BCUT2D eigenvalue weighted by Crippen LogP contribution is -2.51. The van der Waals surface area contributed by atoms with E-state index in [-0.39, 0.29) is 24.8 Å². The third-order valence-electron chi connectivity index (χ3n) is 4.36. The van der Waals surface area contributed by atoms with Crippen LogP contribution in [-0.2, 0) is 9.59 Å². The zero-order chi connectivity index (χ0) is 15.3. The molecule has 0 radical (unpaired) electrons. The first-order valence-electron chi connectivity index (χ1n) is 7.59. The Morgan fingerprint density at radius 2 is 2.00 bits per heavy atom. The standard InChI is InChI=1S/C15H28N2O3/c1-9(2)11-5-4-10(3)8-13(11)17-15(20)12(16)6-7-14(18)19/h9-13H,4-8,16H2,1-3H3,(H,17,20)(H,18,19). The second kappa shape index (κ2) is 7.62. The summed E-state index contributed by atoms with van der Waals surface area (Å²) in [5, 5.41) is 11.7. The van der Waals surface area contributed by atoms with Gasteiger partial charge >= 0.3 is 5.97 Å². The van der Waals surface area contributed by atoms with E-state index in [1.54, 1.807) is 0 Å². The van der Waals surface area contributed by atoms with Gasteiger partial charge in [0.2, 0.25) is 5.91 Å². The van der Waals surface area contributed by atoms with Crippen molar-refractivity contribution in [3.8, 4) is 0 Å². The largest absolute Gasteiger partial charge is 0.481 e. The van der Waals surface area contributed by atoms with Crippen molar-refractivity contribution in [1.29, 1.82) is 0 Å². The maximum atomic E-state index is 12.1. The molecule has 4 atom stereocenters. The zero-order valence-electron chi connectivity index (χ0n) is 12.8. The number of rotatable bonds is 6. The predicted octanol–water partition coefficient (Wildman–Crippen LogP) is 1.76. The number of hydrogen-bond acceptors (Lipinski definition) is 3. The summed E-state index contributed by atoms with van der Waals surface area (Å²) >= 11 is 0. The van der Waals surface area contributed by atoms with Gasteiger partial charge in [-0.25, -0.2) is 0 Å². The van der Waals surface area contributed by atoms with E-state index in [4.69, 9.17) is 10.8 Å². The number of aliphatic carboxylic acids is 1. The van der Waals surface area contributed by atoms with Gasteiger partial charge in [0, 0.05) is 12.5 Å². The fourth-order valence-corrected chi connectivity index (χ4v) is 3.07. The van der Waals surface area contributed by atoms with Gasteiger partial charge < -0.3 is 16.2 Å². The lowest BCUT2D eigenvalue weighted by molar-refractivity contribution is -0.137. The number of carbonyl (C=O) groups is 2. The lowest BCUT2D eigenvalue weighted by atomic mass is 9.74. The minimum absolute atomic E-state index is 0.0662. The van der Waals surface area contributed by atoms with Gasteiger partial charge in [0.15, 0.2) is 0 Å². The molecule has 1 aliphatic rings. The number of nitrogens with one attached hydrogen (secondary N) is 1. The number of nitrogens with two attached hydrogens (primary N) is 1. The molecule has 20 heavy (non-hydrogen) atoms. The van der Waals surface area contributed by atoms with Crippen LogP contribution in [0.4, 0.5) is 0 Å². The maximum absolute atomic E-state index is 12.1. The van der Waals surface area contributed by atoms with E-state index in [1.807, 2.05) is 0 Å². The molecule has 1 saturated carbocycles. The topological polar surface area (TPSA) is 92.4 Å². The Morgan fingerprint density at radius 1 is 1.35 bits per heavy atom. The number of carboxylic acids is 1. The first-order valence-corrected chi connectivity index (χ1v) is 7.59. The van der Waals surface area contributed by atoms with Crippen LogP contribution in [0.2, 0.25) is 0 Å². The summed E-state index contributed by atoms with van der Waals surface area (Å²) in [5.74, 6) is 0.506. The van der Waals surface area contributed by atoms with Gasteiger partial charge in [-0.1, -0.05) is 27.2 Å². The second-order valence-electron chi connectivity index (χ2n) is 6.48. The van der Waals surface area contributed by atoms with Crippen molar-refractivity contribution in [2.24, 2.45) is 23.5 Å². The van der Waals surface area contributed by atoms with Gasteiger partial charge in [0.25, 0.3) is 0 Å². The van der Waals surface area contributed by atoms with Crippen LogP contribution in [0.5, 0.6) is 0 Å². The molecule has 4 unspecified atom stereocenters. The molecule has 0 aromatic heterocycles. The lowest BCUT2D eigenvalue weighted by Gasteiger charge is -2.38. The molecule has 1 rings (SSSR count). The minimum atomic E-state index is -0.917. The summed E-state index contributed by atoms with van der Waals surface area (Å²) in [5.41, 5.74) is 5.76. The van der Waals surface area contributed by atoms with Crippen LogP contribution in [0, 0.1) is 17.8 Å². The van der Waals surface area contributed by atoms with Crippen LogP contribution in [0.3, 0.4) is 0 Å². The summed E-state index contributed by atoms with van der Waals surface area (Å²) in [6.45, 7) is 6.58. The van der Waals surface area contributed by atoms with E-state index in [0.717, 1.165) is 12.8 Å². The fraction of sp³-hybridized carbons (Fsp3) is 0.867. The van der Waals surface area contributed by atoms with Crippen molar-refractivity contribution in [3.05, 3.63) is 0 Å². The van der Waals surface area contributed by atoms with Crippen molar-refractivity contribution >= 4 is 11.9 Å². The van der Waals surface area contributed by atoms with Crippen LogP contribution >= 0.6 is 0 Å². The van der Waals surface area contributed by atoms with Crippen molar-refractivity contribution in [3.63, 3.8) is 0 Å². The van der Waals surface area contributed by atoms with Gasteiger partial charge in [-0.15, -0.1) is 0 Å². The number of carboxylic acid groups (broad SMARTS) is 1.